The van der Waals surface area contributed by atoms with Crippen LogP contribution in [0.3, 0.4) is 0 Å². The van der Waals surface area contributed by atoms with E-state index in [2.05, 4.69) is 10.0 Å². The molecule has 0 aliphatic rings. The fourth-order valence-corrected chi connectivity index (χ4v) is 2.88. The highest BCUT2D eigenvalue weighted by molar-refractivity contribution is 7.89. The fourth-order valence-electron chi connectivity index (χ4n) is 1.97. The highest BCUT2D eigenvalue weighted by atomic mass is 32.2. The van der Waals surface area contributed by atoms with E-state index in [-0.39, 0.29) is 24.7 Å². The van der Waals surface area contributed by atoms with Crippen LogP contribution >= 0.6 is 0 Å². The van der Waals surface area contributed by atoms with Gasteiger partial charge in [0.25, 0.3) is 5.91 Å². The summed E-state index contributed by atoms with van der Waals surface area (Å²) in [6.45, 7) is 4.45. The zero-order chi connectivity index (χ0) is 18.7. The first-order chi connectivity index (χ1) is 11.9. The van der Waals surface area contributed by atoms with E-state index in [0.717, 1.165) is 0 Å². The van der Waals surface area contributed by atoms with Crippen molar-refractivity contribution >= 4 is 15.9 Å². The molecule has 0 fully saturated rings. The summed E-state index contributed by atoms with van der Waals surface area (Å²) >= 11 is 0. The molecule has 1 rings (SSSR count). The van der Waals surface area contributed by atoms with Crippen LogP contribution in [0, 0.1) is 0 Å². The predicted octanol–water partition coefficient (Wildman–Crippen LogP) is 0.744. The fraction of sp³-hybridized carbons (Fsp3) is 0.562. The maximum atomic E-state index is 12.0. The Labute approximate surface area is 148 Å². The summed E-state index contributed by atoms with van der Waals surface area (Å²) in [5.41, 5.74) is 0.400. The summed E-state index contributed by atoms with van der Waals surface area (Å²) in [7, 11) is -2.05. The third-order valence-electron chi connectivity index (χ3n) is 3.16. The third kappa shape index (κ3) is 8.30. The lowest BCUT2D eigenvalue weighted by molar-refractivity contribution is -0.130. The quantitative estimate of drug-likeness (QED) is 0.523. The van der Waals surface area contributed by atoms with E-state index in [4.69, 9.17) is 14.2 Å². The lowest BCUT2D eigenvalue weighted by atomic mass is 10.2. The summed E-state index contributed by atoms with van der Waals surface area (Å²) in [4.78, 5) is 12.0. The molecule has 1 aromatic carbocycles. The molecule has 0 spiro atoms. The van der Waals surface area contributed by atoms with Crippen molar-refractivity contribution in [3.8, 4) is 5.75 Å². The van der Waals surface area contributed by atoms with E-state index < -0.39 is 16.3 Å². The zero-order valence-electron chi connectivity index (χ0n) is 14.8. The molecule has 0 aromatic heterocycles. The minimum absolute atomic E-state index is 0.0146. The standard InChI is InChI=1S/C16H26N2O6S/c1-4-23-15(24-5-2)12-18-25(20,21)10-9-17-16(19)13-7-6-8-14(11-13)22-3/h6-8,11,15,18H,4-5,9-10,12H2,1-3H3,(H,17,19). The van der Waals surface area contributed by atoms with Crippen molar-refractivity contribution in [3.05, 3.63) is 29.8 Å². The van der Waals surface area contributed by atoms with Gasteiger partial charge >= 0.3 is 0 Å². The van der Waals surface area contributed by atoms with Gasteiger partial charge in [0.15, 0.2) is 6.29 Å². The zero-order valence-corrected chi connectivity index (χ0v) is 15.6. The molecule has 0 unspecified atom stereocenters. The number of ether oxygens (including phenoxy) is 3. The highest BCUT2D eigenvalue weighted by Crippen LogP contribution is 2.12. The molecular weight excluding hydrogens is 348 g/mol. The lowest BCUT2D eigenvalue weighted by Gasteiger charge is -2.17. The van der Waals surface area contributed by atoms with Crippen molar-refractivity contribution < 1.29 is 27.4 Å². The van der Waals surface area contributed by atoms with Gasteiger partial charge in [-0.1, -0.05) is 6.07 Å². The van der Waals surface area contributed by atoms with Crippen LogP contribution < -0.4 is 14.8 Å². The molecule has 9 heteroatoms. The second-order valence-electron chi connectivity index (χ2n) is 5.00. The van der Waals surface area contributed by atoms with Crippen LogP contribution in [0.1, 0.15) is 24.2 Å². The number of rotatable bonds is 12. The summed E-state index contributed by atoms with van der Waals surface area (Å²) < 4.78 is 41.9. The van der Waals surface area contributed by atoms with E-state index in [1.165, 1.54) is 7.11 Å². The molecule has 1 aromatic rings. The number of nitrogens with one attached hydrogen (secondary N) is 2. The topological polar surface area (TPSA) is 103 Å². The number of sulfonamides is 1. The molecule has 25 heavy (non-hydrogen) atoms. The molecule has 0 saturated carbocycles. The Balaban J connectivity index is 2.43. The van der Waals surface area contributed by atoms with Gasteiger partial charge in [0.1, 0.15) is 5.75 Å². The van der Waals surface area contributed by atoms with Crippen LogP contribution in [0.25, 0.3) is 0 Å². The van der Waals surface area contributed by atoms with Gasteiger partial charge in [0.2, 0.25) is 10.0 Å². The largest absolute Gasteiger partial charge is 0.497 e. The van der Waals surface area contributed by atoms with Gasteiger partial charge in [-0.2, -0.15) is 0 Å². The van der Waals surface area contributed by atoms with E-state index in [1.807, 2.05) is 0 Å². The van der Waals surface area contributed by atoms with E-state index in [1.54, 1.807) is 38.1 Å². The van der Waals surface area contributed by atoms with Crippen LogP contribution in [0.15, 0.2) is 24.3 Å². The van der Waals surface area contributed by atoms with Crippen LogP contribution in [0.2, 0.25) is 0 Å². The molecule has 0 saturated heterocycles. The Morgan fingerprint density at radius 3 is 2.48 bits per heavy atom. The third-order valence-corrected chi connectivity index (χ3v) is 4.51. The minimum atomic E-state index is -3.55. The van der Waals surface area contributed by atoms with Crippen LogP contribution in [0.4, 0.5) is 0 Å². The van der Waals surface area contributed by atoms with Gasteiger partial charge in [-0.05, 0) is 32.0 Å². The monoisotopic (exact) mass is 374 g/mol. The number of amides is 1. The van der Waals surface area contributed by atoms with Crippen LogP contribution in [0.5, 0.6) is 5.75 Å². The van der Waals surface area contributed by atoms with Gasteiger partial charge in [-0.3, -0.25) is 4.79 Å². The molecule has 0 atom stereocenters. The molecule has 8 nitrogen and oxygen atoms in total. The number of methoxy groups -OCH3 is 1. The maximum absolute atomic E-state index is 12.0. The summed E-state index contributed by atoms with van der Waals surface area (Å²) in [6.07, 6.45) is -0.629. The number of carbonyl (C=O) groups is 1. The Hall–Kier alpha value is -1.68. The average molecular weight is 374 g/mol. The van der Waals surface area contributed by atoms with Crippen LogP contribution in [-0.4, -0.2) is 59.8 Å². The normalized spacial score (nSPS) is 11.5. The first-order valence-electron chi connectivity index (χ1n) is 8.04. The lowest BCUT2D eigenvalue weighted by Crippen LogP contribution is -2.39. The molecule has 142 valence electrons. The van der Waals surface area contributed by atoms with Crippen molar-refractivity contribution in [1.82, 2.24) is 10.0 Å². The van der Waals surface area contributed by atoms with Crippen molar-refractivity contribution in [3.63, 3.8) is 0 Å². The van der Waals surface area contributed by atoms with Crippen molar-refractivity contribution in [2.24, 2.45) is 0 Å². The summed E-state index contributed by atoms with van der Waals surface area (Å²) in [5, 5.41) is 2.57. The van der Waals surface area contributed by atoms with Gasteiger partial charge in [-0.25, -0.2) is 13.1 Å². The van der Waals surface area contributed by atoms with Crippen molar-refractivity contribution in [2.75, 3.05) is 39.2 Å². The van der Waals surface area contributed by atoms with Gasteiger partial charge < -0.3 is 19.5 Å². The van der Waals surface area contributed by atoms with Gasteiger partial charge in [-0.15, -0.1) is 0 Å². The molecule has 0 heterocycles. The molecule has 0 radical (unpaired) electrons. The first-order valence-corrected chi connectivity index (χ1v) is 9.69. The highest BCUT2D eigenvalue weighted by Gasteiger charge is 2.15. The average Bonchev–Trinajstić information content (AvgIpc) is 2.60. The SMILES string of the molecule is CCOC(CNS(=O)(=O)CCNC(=O)c1cccc(OC)c1)OCC. The molecule has 2 N–H and O–H groups in total. The Morgan fingerprint density at radius 2 is 1.88 bits per heavy atom. The second-order valence-corrected chi connectivity index (χ2v) is 6.92. The maximum Gasteiger partial charge on any atom is 0.251 e. The Bertz CT molecular complexity index is 629. The number of carbonyl (C=O) groups excluding carboxylic acids is 1. The van der Waals surface area contributed by atoms with Gasteiger partial charge in [0.05, 0.1) is 19.4 Å². The smallest absolute Gasteiger partial charge is 0.251 e. The minimum Gasteiger partial charge on any atom is -0.497 e. The molecule has 0 aliphatic carbocycles. The number of hydrogen-bond donors (Lipinski definition) is 2. The summed E-state index contributed by atoms with van der Waals surface area (Å²) in [5.74, 6) is -0.0522. The van der Waals surface area contributed by atoms with E-state index >= 15 is 0 Å². The predicted molar refractivity (Wildman–Crippen MR) is 94.2 cm³/mol. The number of benzene rings is 1. The Kier molecular flexibility index (Phi) is 9.43. The Morgan fingerprint density at radius 1 is 1.20 bits per heavy atom. The van der Waals surface area contributed by atoms with Crippen molar-refractivity contribution in [2.45, 2.75) is 20.1 Å². The van der Waals surface area contributed by atoms with Crippen LogP contribution in [-0.2, 0) is 19.5 Å². The van der Waals surface area contributed by atoms with Gasteiger partial charge in [0, 0.05) is 25.3 Å². The molecule has 1 amide bonds. The molecule has 0 aliphatic heterocycles. The molecule has 0 bridgehead atoms. The second kappa shape index (κ2) is 11.0. The summed E-state index contributed by atoms with van der Waals surface area (Å²) in [6, 6.07) is 6.61. The molecular formula is C16H26N2O6S. The van der Waals surface area contributed by atoms with E-state index in [9.17, 15) is 13.2 Å². The number of hydrogen-bond acceptors (Lipinski definition) is 6. The first kappa shape index (κ1) is 21.4. The van der Waals surface area contributed by atoms with E-state index in [0.29, 0.717) is 24.5 Å². The van der Waals surface area contributed by atoms with Crippen molar-refractivity contribution in [1.29, 1.82) is 0 Å².